The quantitative estimate of drug-likeness (QED) is 0.732. The monoisotopic (exact) mass is 251 g/mol. The van der Waals surface area contributed by atoms with Crippen molar-refractivity contribution in [3.8, 4) is 11.3 Å². The van der Waals surface area contributed by atoms with Crippen LogP contribution in [0.1, 0.15) is 16.8 Å². The number of halogens is 3. The molecule has 18 heavy (non-hydrogen) atoms. The van der Waals surface area contributed by atoms with Crippen molar-refractivity contribution in [3.63, 3.8) is 0 Å². The number of hydrogen-bond donors (Lipinski definition) is 0. The van der Waals surface area contributed by atoms with Crippen LogP contribution in [0.15, 0.2) is 36.4 Å². The van der Waals surface area contributed by atoms with Crippen LogP contribution in [-0.4, -0.2) is 4.98 Å². The average Bonchev–Trinajstić information content (AvgIpc) is 2.27. The zero-order valence-electron chi connectivity index (χ0n) is 10.0. The topological polar surface area (TPSA) is 12.9 Å². The third kappa shape index (κ3) is 2.70. The van der Waals surface area contributed by atoms with Crippen molar-refractivity contribution in [1.82, 2.24) is 4.98 Å². The molecule has 0 spiro atoms. The van der Waals surface area contributed by atoms with E-state index in [9.17, 15) is 13.2 Å². The summed E-state index contributed by atoms with van der Waals surface area (Å²) in [5, 5.41) is 0. The Labute approximate surface area is 103 Å². The molecule has 1 aromatic carbocycles. The van der Waals surface area contributed by atoms with Crippen LogP contribution in [-0.2, 0) is 6.18 Å². The maximum Gasteiger partial charge on any atom is 0.416 e. The Morgan fingerprint density at radius 2 is 1.72 bits per heavy atom. The minimum absolute atomic E-state index is 0.483. The van der Waals surface area contributed by atoms with E-state index in [2.05, 4.69) is 4.98 Å². The van der Waals surface area contributed by atoms with Gasteiger partial charge >= 0.3 is 6.18 Å². The number of aromatic nitrogens is 1. The Hall–Kier alpha value is -1.84. The number of rotatable bonds is 1. The Morgan fingerprint density at radius 1 is 1.00 bits per heavy atom. The maximum atomic E-state index is 12.6. The van der Waals surface area contributed by atoms with E-state index in [4.69, 9.17) is 0 Å². The summed E-state index contributed by atoms with van der Waals surface area (Å²) in [5.41, 5.74) is 2.17. The van der Waals surface area contributed by atoms with Crippen molar-refractivity contribution in [1.29, 1.82) is 0 Å². The Morgan fingerprint density at radius 3 is 2.33 bits per heavy atom. The molecule has 0 aliphatic carbocycles. The molecule has 0 unspecified atom stereocenters. The fourth-order valence-electron chi connectivity index (χ4n) is 1.84. The highest BCUT2D eigenvalue weighted by atomic mass is 19.4. The predicted octanol–water partition coefficient (Wildman–Crippen LogP) is 4.38. The predicted molar refractivity (Wildman–Crippen MR) is 64.1 cm³/mol. The van der Waals surface area contributed by atoms with Crippen LogP contribution in [0.5, 0.6) is 0 Å². The van der Waals surface area contributed by atoms with E-state index in [0.717, 1.165) is 23.4 Å². The third-order valence-corrected chi connectivity index (χ3v) is 2.58. The van der Waals surface area contributed by atoms with Gasteiger partial charge in [0.1, 0.15) is 0 Å². The normalized spacial score (nSPS) is 11.6. The van der Waals surface area contributed by atoms with Gasteiger partial charge in [-0.25, -0.2) is 0 Å². The summed E-state index contributed by atoms with van der Waals surface area (Å²) in [6.07, 6.45) is -4.32. The lowest BCUT2D eigenvalue weighted by atomic mass is 10.1. The standard InChI is InChI=1S/C14H12F3N/c1-9-6-10(2)18-13(7-9)11-4-3-5-12(8-11)14(15,16)17/h3-8H,1-2H3. The molecule has 0 N–H and O–H groups in total. The van der Waals surface area contributed by atoms with Gasteiger partial charge in [-0.05, 0) is 43.7 Å². The van der Waals surface area contributed by atoms with E-state index in [1.165, 1.54) is 6.07 Å². The second kappa shape index (κ2) is 4.44. The molecule has 0 atom stereocenters. The highest BCUT2D eigenvalue weighted by Crippen LogP contribution is 2.31. The lowest BCUT2D eigenvalue weighted by Crippen LogP contribution is -2.04. The van der Waals surface area contributed by atoms with Gasteiger partial charge in [0.15, 0.2) is 0 Å². The van der Waals surface area contributed by atoms with Crippen molar-refractivity contribution in [2.45, 2.75) is 20.0 Å². The van der Waals surface area contributed by atoms with Gasteiger partial charge in [0, 0.05) is 11.3 Å². The average molecular weight is 251 g/mol. The van der Waals surface area contributed by atoms with E-state index in [0.29, 0.717) is 11.3 Å². The molecule has 0 fully saturated rings. The fraction of sp³-hybridized carbons (Fsp3) is 0.214. The van der Waals surface area contributed by atoms with Crippen LogP contribution in [0.3, 0.4) is 0 Å². The molecule has 1 heterocycles. The number of nitrogens with zero attached hydrogens (tertiary/aromatic N) is 1. The highest BCUT2D eigenvalue weighted by molar-refractivity contribution is 5.61. The van der Waals surface area contributed by atoms with Crippen molar-refractivity contribution in [2.75, 3.05) is 0 Å². The second-order valence-electron chi connectivity index (χ2n) is 4.25. The van der Waals surface area contributed by atoms with Crippen LogP contribution < -0.4 is 0 Å². The molecule has 0 saturated carbocycles. The Balaban J connectivity index is 2.51. The van der Waals surface area contributed by atoms with E-state index >= 15 is 0 Å². The largest absolute Gasteiger partial charge is 0.416 e. The first kappa shape index (κ1) is 12.6. The number of pyridine rings is 1. The first-order valence-corrected chi connectivity index (χ1v) is 5.49. The molecule has 0 radical (unpaired) electrons. The van der Waals surface area contributed by atoms with Crippen molar-refractivity contribution >= 4 is 0 Å². The zero-order valence-corrected chi connectivity index (χ0v) is 10.0. The summed E-state index contributed by atoms with van der Waals surface area (Å²) in [4.78, 5) is 4.26. The van der Waals surface area contributed by atoms with Gasteiger partial charge in [0.05, 0.1) is 11.3 Å². The van der Waals surface area contributed by atoms with Gasteiger partial charge in [0.25, 0.3) is 0 Å². The molecule has 0 saturated heterocycles. The van der Waals surface area contributed by atoms with E-state index in [1.807, 2.05) is 19.9 Å². The van der Waals surface area contributed by atoms with Crippen molar-refractivity contribution < 1.29 is 13.2 Å². The lowest BCUT2D eigenvalue weighted by molar-refractivity contribution is -0.137. The molecule has 1 aromatic heterocycles. The summed E-state index contributed by atoms with van der Waals surface area (Å²) in [7, 11) is 0. The van der Waals surface area contributed by atoms with Gasteiger partial charge in [-0.2, -0.15) is 13.2 Å². The SMILES string of the molecule is Cc1cc(C)nc(-c2cccc(C(F)(F)F)c2)c1. The molecule has 0 amide bonds. The van der Waals surface area contributed by atoms with Gasteiger partial charge in [-0.15, -0.1) is 0 Å². The molecule has 4 heteroatoms. The summed E-state index contributed by atoms with van der Waals surface area (Å²) in [6, 6.07) is 8.89. The summed E-state index contributed by atoms with van der Waals surface area (Å²) in [5.74, 6) is 0. The molecule has 1 nitrogen and oxygen atoms in total. The number of hydrogen-bond acceptors (Lipinski definition) is 1. The molecule has 2 rings (SSSR count). The minimum Gasteiger partial charge on any atom is -0.253 e. The van der Waals surface area contributed by atoms with E-state index in [1.54, 1.807) is 12.1 Å². The van der Waals surface area contributed by atoms with Crippen LogP contribution in [0, 0.1) is 13.8 Å². The zero-order chi connectivity index (χ0) is 13.3. The second-order valence-corrected chi connectivity index (χ2v) is 4.25. The minimum atomic E-state index is -4.32. The Kier molecular flexibility index (Phi) is 3.11. The van der Waals surface area contributed by atoms with Gasteiger partial charge in [-0.1, -0.05) is 12.1 Å². The maximum absolute atomic E-state index is 12.6. The lowest BCUT2D eigenvalue weighted by Gasteiger charge is -2.09. The molecular weight excluding hydrogens is 239 g/mol. The van der Waals surface area contributed by atoms with Gasteiger partial charge in [-0.3, -0.25) is 4.98 Å². The first-order valence-electron chi connectivity index (χ1n) is 5.49. The molecule has 0 aliphatic heterocycles. The molecule has 0 aliphatic rings. The number of alkyl halides is 3. The van der Waals surface area contributed by atoms with E-state index in [-0.39, 0.29) is 0 Å². The number of benzene rings is 1. The van der Waals surface area contributed by atoms with Crippen LogP contribution in [0.25, 0.3) is 11.3 Å². The summed E-state index contributed by atoms with van der Waals surface area (Å²) in [6.45, 7) is 3.72. The smallest absolute Gasteiger partial charge is 0.253 e. The van der Waals surface area contributed by atoms with Crippen LogP contribution in [0.2, 0.25) is 0 Å². The van der Waals surface area contributed by atoms with Crippen molar-refractivity contribution in [2.24, 2.45) is 0 Å². The fourth-order valence-corrected chi connectivity index (χ4v) is 1.84. The molecule has 0 bridgehead atoms. The summed E-state index contributed by atoms with van der Waals surface area (Å²) >= 11 is 0. The van der Waals surface area contributed by atoms with Crippen LogP contribution in [0.4, 0.5) is 13.2 Å². The highest BCUT2D eigenvalue weighted by Gasteiger charge is 2.30. The first-order chi connectivity index (χ1) is 8.36. The molecule has 94 valence electrons. The van der Waals surface area contributed by atoms with Gasteiger partial charge in [0.2, 0.25) is 0 Å². The third-order valence-electron chi connectivity index (χ3n) is 2.58. The number of aryl methyl sites for hydroxylation is 2. The summed E-state index contributed by atoms with van der Waals surface area (Å²) < 4.78 is 37.9. The Bertz CT molecular complexity index is 553. The van der Waals surface area contributed by atoms with Crippen molar-refractivity contribution in [3.05, 3.63) is 53.2 Å². The van der Waals surface area contributed by atoms with E-state index < -0.39 is 11.7 Å². The molecule has 2 aromatic rings. The van der Waals surface area contributed by atoms with Crippen LogP contribution >= 0.6 is 0 Å². The van der Waals surface area contributed by atoms with Gasteiger partial charge < -0.3 is 0 Å². The molecular formula is C14H12F3N.